The van der Waals surface area contributed by atoms with Crippen LogP contribution in [0.15, 0.2) is 23.6 Å². The Morgan fingerprint density at radius 2 is 2.37 bits per heavy atom. The number of carbonyl (C=O) groups excluding carboxylic acids is 1. The number of nitrogens with one attached hydrogen (secondary N) is 2. The molecule has 7 nitrogen and oxygen atoms in total. The second kappa shape index (κ2) is 4.44. The molecule has 3 aromatic heterocycles. The van der Waals surface area contributed by atoms with E-state index < -0.39 is 0 Å². The van der Waals surface area contributed by atoms with Gasteiger partial charge in [0.05, 0.1) is 4.88 Å². The van der Waals surface area contributed by atoms with Crippen LogP contribution in [0.25, 0.3) is 4.96 Å². The van der Waals surface area contributed by atoms with E-state index in [2.05, 4.69) is 15.4 Å². The number of hydrogen-bond donors (Lipinski definition) is 3. The molecule has 0 saturated carbocycles. The quantitative estimate of drug-likeness (QED) is 0.658. The molecule has 0 spiro atoms. The van der Waals surface area contributed by atoms with Crippen molar-refractivity contribution in [3.05, 3.63) is 33.9 Å². The summed E-state index contributed by atoms with van der Waals surface area (Å²) in [6.45, 7) is 0. The lowest BCUT2D eigenvalue weighted by Crippen LogP contribution is -2.16. The molecule has 0 aromatic carbocycles. The predicted molar refractivity (Wildman–Crippen MR) is 73.4 cm³/mol. The van der Waals surface area contributed by atoms with Gasteiger partial charge in [0.25, 0.3) is 5.91 Å². The molecule has 96 valence electrons. The lowest BCUT2D eigenvalue weighted by atomic mass is 10.4. The highest BCUT2D eigenvalue weighted by molar-refractivity contribution is 7.20. The van der Waals surface area contributed by atoms with E-state index in [9.17, 15) is 4.79 Å². The Hall–Kier alpha value is -2.26. The summed E-state index contributed by atoms with van der Waals surface area (Å²) < 4.78 is 1.32. The first-order valence-corrected chi connectivity index (χ1v) is 6.89. The fraction of sp³-hybridized carbons (Fsp3) is 0. The topological polar surface area (TPSA) is 109 Å². The number of carbonyl (C=O) groups is 1. The van der Waals surface area contributed by atoms with Gasteiger partial charge >= 0.3 is 0 Å². The molecular formula is C10H8N6OS2. The largest absolute Gasteiger partial charge is 0.383 e. The fourth-order valence-electron chi connectivity index (χ4n) is 1.47. The minimum absolute atomic E-state index is 0.121. The summed E-state index contributed by atoms with van der Waals surface area (Å²) >= 11 is 2.51. The number of fused-ring (bicyclic) bond motifs is 1. The van der Waals surface area contributed by atoms with Crippen molar-refractivity contribution in [2.75, 3.05) is 11.1 Å². The third-order valence-corrected chi connectivity index (χ3v) is 3.96. The van der Waals surface area contributed by atoms with Crippen LogP contribution in [0.1, 0.15) is 9.67 Å². The molecule has 19 heavy (non-hydrogen) atoms. The minimum atomic E-state index is -0.228. The highest BCUT2D eigenvalue weighted by Gasteiger charge is 2.11. The van der Waals surface area contributed by atoms with Crippen molar-refractivity contribution in [1.82, 2.24) is 14.6 Å². The third kappa shape index (κ3) is 2.20. The van der Waals surface area contributed by atoms with E-state index in [4.69, 9.17) is 11.1 Å². The average Bonchev–Trinajstić information content (AvgIpc) is 2.96. The summed E-state index contributed by atoms with van der Waals surface area (Å²) in [6, 6.07) is 4.93. The van der Waals surface area contributed by atoms with Gasteiger partial charge in [0.15, 0.2) is 5.49 Å². The average molecular weight is 292 g/mol. The third-order valence-electron chi connectivity index (χ3n) is 2.26. The van der Waals surface area contributed by atoms with E-state index in [-0.39, 0.29) is 17.2 Å². The van der Waals surface area contributed by atoms with Crippen molar-refractivity contribution in [1.29, 1.82) is 5.41 Å². The SMILES string of the molecule is N=c1cc(N)nc2sc(NC(=O)c3cccs3)nn12. The molecule has 3 rings (SSSR count). The maximum atomic E-state index is 11.9. The molecule has 0 bridgehead atoms. The maximum Gasteiger partial charge on any atom is 0.267 e. The molecule has 0 atom stereocenters. The van der Waals surface area contributed by atoms with Crippen molar-refractivity contribution in [2.24, 2.45) is 0 Å². The van der Waals surface area contributed by atoms with Crippen LogP contribution in [-0.2, 0) is 0 Å². The van der Waals surface area contributed by atoms with Gasteiger partial charge in [0.1, 0.15) is 5.82 Å². The molecule has 0 saturated heterocycles. The van der Waals surface area contributed by atoms with E-state index in [0.29, 0.717) is 15.0 Å². The molecule has 3 aromatic rings. The summed E-state index contributed by atoms with van der Waals surface area (Å²) in [5.74, 6) is 0.0268. The molecule has 0 unspecified atom stereocenters. The lowest BCUT2D eigenvalue weighted by Gasteiger charge is -1.96. The van der Waals surface area contributed by atoms with Gasteiger partial charge in [-0.1, -0.05) is 17.4 Å². The van der Waals surface area contributed by atoms with Gasteiger partial charge in [-0.05, 0) is 11.4 Å². The number of hydrogen-bond acceptors (Lipinski definition) is 7. The van der Waals surface area contributed by atoms with Crippen LogP contribution in [0, 0.1) is 5.41 Å². The van der Waals surface area contributed by atoms with Crippen LogP contribution in [0.5, 0.6) is 0 Å². The molecule has 0 radical (unpaired) electrons. The molecule has 0 aliphatic heterocycles. The fourth-order valence-corrected chi connectivity index (χ4v) is 2.91. The van der Waals surface area contributed by atoms with E-state index >= 15 is 0 Å². The first-order valence-electron chi connectivity index (χ1n) is 5.19. The second-order valence-electron chi connectivity index (χ2n) is 3.60. The summed E-state index contributed by atoms with van der Waals surface area (Å²) in [7, 11) is 0. The molecule has 0 fully saturated rings. The van der Waals surface area contributed by atoms with Crippen LogP contribution in [0.3, 0.4) is 0 Å². The van der Waals surface area contributed by atoms with Crippen LogP contribution >= 0.6 is 22.7 Å². The second-order valence-corrected chi connectivity index (χ2v) is 5.50. The standard InChI is InChI=1S/C10H8N6OS2/c11-6-4-7(12)16-10(13-6)19-9(15-16)14-8(17)5-2-1-3-18-5/h1-4,12H,11H2,(H,14,15,17). The van der Waals surface area contributed by atoms with E-state index in [0.717, 1.165) is 11.3 Å². The maximum absolute atomic E-state index is 11.9. The Bertz CT molecular complexity index is 803. The van der Waals surface area contributed by atoms with Crippen LogP contribution in [-0.4, -0.2) is 20.5 Å². The Balaban J connectivity index is 1.96. The number of nitrogens with zero attached hydrogens (tertiary/aromatic N) is 3. The highest BCUT2D eigenvalue weighted by Crippen LogP contribution is 2.18. The number of aromatic nitrogens is 3. The summed E-state index contributed by atoms with van der Waals surface area (Å²) in [4.78, 5) is 17.0. The Morgan fingerprint density at radius 3 is 3.11 bits per heavy atom. The Labute approximate surface area is 114 Å². The number of nitrogen functional groups attached to an aromatic ring is 1. The van der Waals surface area contributed by atoms with Crippen LogP contribution in [0.4, 0.5) is 10.9 Å². The lowest BCUT2D eigenvalue weighted by molar-refractivity contribution is 0.103. The van der Waals surface area contributed by atoms with Gasteiger partial charge in [-0.25, -0.2) is 4.98 Å². The van der Waals surface area contributed by atoms with E-state index in [1.165, 1.54) is 21.9 Å². The molecule has 9 heteroatoms. The molecule has 0 aliphatic carbocycles. The first-order chi connectivity index (χ1) is 9.13. The highest BCUT2D eigenvalue weighted by atomic mass is 32.1. The summed E-state index contributed by atoms with van der Waals surface area (Å²) in [6.07, 6.45) is 0. The monoisotopic (exact) mass is 292 g/mol. The molecular weight excluding hydrogens is 284 g/mol. The van der Waals surface area contributed by atoms with Crippen molar-refractivity contribution in [2.45, 2.75) is 0 Å². The zero-order valence-corrected chi connectivity index (χ0v) is 11.1. The van der Waals surface area contributed by atoms with E-state index in [1.54, 1.807) is 12.1 Å². The Morgan fingerprint density at radius 1 is 1.53 bits per heavy atom. The zero-order valence-electron chi connectivity index (χ0n) is 9.45. The van der Waals surface area contributed by atoms with Gasteiger partial charge < -0.3 is 5.73 Å². The zero-order chi connectivity index (χ0) is 13.4. The van der Waals surface area contributed by atoms with Crippen LogP contribution < -0.4 is 16.5 Å². The van der Waals surface area contributed by atoms with E-state index in [1.807, 2.05) is 5.38 Å². The molecule has 1 amide bonds. The Kier molecular flexibility index (Phi) is 2.76. The van der Waals surface area contributed by atoms with Crippen molar-refractivity contribution >= 4 is 44.5 Å². The van der Waals surface area contributed by atoms with Gasteiger partial charge in [-0.15, -0.1) is 16.4 Å². The van der Waals surface area contributed by atoms with Crippen LogP contribution in [0.2, 0.25) is 0 Å². The number of nitrogens with two attached hydrogens (primary N) is 1. The number of rotatable bonds is 2. The van der Waals surface area contributed by atoms with Gasteiger partial charge in [-0.2, -0.15) is 4.52 Å². The number of amides is 1. The van der Waals surface area contributed by atoms with Crippen molar-refractivity contribution < 1.29 is 4.79 Å². The summed E-state index contributed by atoms with van der Waals surface area (Å²) in [5, 5.41) is 16.7. The van der Waals surface area contributed by atoms with Gasteiger partial charge in [0.2, 0.25) is 10.1 Å². The molecule has 4 N–H and O–H groups in total. The molecule has 0 aliphatic rings. The number of thiophene rings is 1. The predicted octanol–water partition coefficient (Wildman–Crippen LogP) is 1.17. The normalized spacial score (nSPS) is 10.7. The van der Waals surface area contributed by atoms with Gasteiger partial charge in [0, 0.05) is 6.07 Å². The van der Waals surface area contributed by atoms with Crippen molar-refractivity contribution in [3.63, 3.8) is 0 Å². The molecule has 3 heterocycles. The number of anilines is 2. The van der Waals surface area contributed by atoms with Crippen molar-refractivity contribution in [3.8, 4) is 0 Å². The smallest absolute Gasteiger partial charge is 0.267 e. The first kappa shape index (κ1) is 11.8. The summed E-state index contributed by atoms with van der Waals surface area (Å²) in [5.41, 5.74) is 5.68. The van der Waals surface area contributed by atoms with Gasteiger partial charge in [-0.3, -0.25) is 15.5 Å². The minimum Gasteiger partial charge on any atom is -0.383 e.